The molecule has 2 heteroatoms. The van der Waals surface area contributed by atoms with Crippen molar-refractivity contribution in [1.82, 2.24) is 9.88 Å². The lowest BCUT2D eigenvalue weighted by Gasteiger charge is -2.41. The molecule has 1 atom stereocenters. The van der Waals surface area contributed by atoms with E-state index in [1.807, 2.05) is 0 Å². The number of benzene rings is 1. The van der Waals surface area contributed by atoms with E-state index < -0.39 is 0 Å². The Balaban J connectivity index is 1.79. The fraction of sp³-hybridized carbons (Fsp3) is 0.474. The number of rotatable bonds is 0. The lowest BCUT2D eigenvalue weighted by molar-refractivity contribution is 0.180. The fourth-order valence-electron chi connectivity index (χ4n) is 3.95. The van der Waals surface area contributed by atoms with Crippen LogP contribution in [0.5, 0.6) is 0 Å². The van der Waals surface area contributed by atoms with E-state index >= 15 is 0 Å². The summed E-state index contributed by atoms with van der Waals surface area (Å²) in [4.78, 5) is 6.35. The first-order chi connectivity index (χ1) is 10.0. The van der Waals surface area contributed by atoms with Crippen LogP contribution >= 0.6 is 0 Å². The van der Waals surface area contributed by atoms with Crippen LogP contribution in [0, 0.1) is 5.41 Å². The first kappa shape index (κ1) is 13.1. The summed E-state index contributed by atoms with van der Waals surface area (Å²) in [5, 5.41) is 1.43. The number of hydrogen-bond donors (Lipinski definition) is 1. The van der Waals surface area contributed by atoms with Gasteiger partial charge in [-0.3, -0.25) is 4.90 Å². The van der Waals surface area contributed by atoms with Gasteiger partial charge in [0.15, 0.2) is 0 Å². The molecular formula is C19H24N2. The largest absolute Gasteiger partial charge is 0.357 e. The Morgan fingerprint density at radius 2 is 2.00 bits per heavy atom. The minimum Gasteiger partial charge on any atom is -0.357 e. The molecule has 2 nitrogen and oxygen atoms in total. The Labute approximate surface area is 126 Å². The summed E-state index contributed by atoms with van der Waals surface area (Å²) in [5.74, 6) is 0. The van der Waals surface area contributed by atoms with Gasteiger partial charge in [0.05, 0.1) is 6.04 Å². The lowest BCUT2D eigenvalue weighted by atomic mass is 9.78. The van der Waals surface area contributed by atoms with Gasteiger partial charge in [-0.1, -0.05) is 50.6 Å². The van der Waals surface area contributed by atoms with Crippen molar-refractivity contribution in [3.63, 3.8) is 0 Å². The normalized spacial score (nSPS) is 22.8. The maximum Gasteiger partial charge on any atom is 0.0542 e. The predicted molar refractivity (Wildman–Crippen MR) is 88.5 cm³/mol. The van der Waals surface area contributed by atoms with E-state index in [2.05, 4.69) is 61.0 Å². The van der Waals surface area contributed by atoms with E-state index in [9.17, 15) is 0 Å². The van der Waals surface area contributed by atoms with E-state index in [4.69, 9.17) is 0 Å². The molecule has 1 N–H and O–H groups in total. The first-order valence-corrected chi connectivity index (χ1v) is 8.07. The Bertz CT molecular complexity index is 715. The highest BCUT2D eigenvalue weighted by atomic mass is 15.2. The highest BCUT2D eigenvalue weighted by Crippen LogP contribution is 2.43. The topological polar surface area (TPSA) is 19.0 Å². The standard InChI is InChI=1S/C19H24N2/c1-19(2,3)13-8-10-21-11-9-15-14-6-4-5-7-16(14)20-18(15)17(21)12-13/h4-8,17,20H,9-12H2,1-3H3. The number of aromatic nitrogens is 1. The summed E-state index contributed by atoms with van der Waals surface area (Å²) in [5.41, 5.74) is 6.22. The van der Waals surface area contributed by atoms with Crippen molar-refractivity contribution in [3.8, 4) is 0 Å². The minimum absolute atomic E-state index is 0.287. The number of para-hydroxylation sites is 1. The summed E-state index contributed by atoms with van der Waals surface area (Å²) in [7, 11) is 0. The predicted octanol–water partition coefficient (Wildman–Crippen LogP) is 4.44. The van der Waals surface area contributed by atoms with Crippen LogP contribution in [0.15, 0.2) is 35.9 Å². The molecule has 21 heavy (non-hydrogen) atoms. The molecule has 0 saturated heterocycles. The summed E-state index contributed by atoms with van der Waals surface area (Å²) in [6.07, 6.45) is 4.81. The number of fused-ring (bicyclic) bond motifs is 5. The molecular weight excluding hydrogens is 256 g/mol. The average Bonchev–Trinajstić information content (AvgIpc) is 2.84. The molecule has 0 aliphatic carbocycles. The van der Waals surface area contributed by atoms with Gasteiger partial charge in [-0.2, -0.15) is 0 Å². The van der Waals surface area contributed by atoms with E-state index in [1.165, 1.54) is 36.0 Å². The first-order valence-electron chi connectivity index (χ1n) is 8.07. The molecule has 0 radical (unpaired) electrons. The van der Waals surface area contributed by atoms with E-state index in [-0.39, 0.29) is 5.41 Å². The van der Waals surface area contributed by atoms with Crippen molar-refractivity contribution in [1.29, 1.82) is 0 Å². The number of nitrogens with one attached hydrogen (secondary N) is 1. The maximum atomic E-state index is 3.72. The van der Waals surface area contributed by atoms with Gasteiger partial charge in [0, 0.05) is 29.7 Å². The molecule has 0 fully saturated rings. The quantitative estimate of drug-likeness (QED) is 0.707. The van der Waals surface area contributed by atoms with Crippen LogP contribution in [0.25, 0.3) is 10.9 Å². The van der Waals surface area contributed by atoms with Crippen molar-refractivity contribution in [2.45, 2.75) is 39.7 Å². The molecule has 1 aromatic heterocycles. The van der Waals surface area contributed by atoms with Gasteiger partial charge in [0.1, 0.15) is 0 Å². The van der Waals surface area contributed by atoms with Crippen LogP contribution in [0.1, 0.15) is 44.5 Å². The molecule has 2 aliphatic heterocycles. The number of nitrogens with zero attached hydrogens (tertiary/aromatic N) is 1. The van der Waals surface area contributed by atoms with Crippen molar-refractivity contribution < 1.29 is 0 Å². The Hall–Kier alpha value is -1.54. The summed E-state index contributed by atoms with van der Waals surface area (Å²) < 4.78 is 0. The minimum atomic E-state index is 0.287. The number of aromatic amines is 1. The SMILES string of the molecule is CC(C)(C)C1=CCN2CCc3c([nH]c4ccccc34)C2C1. The van der Waals surface area contributed by atoms with Crippen molar-refractivity contribution in [2.24, 2.45) is 5.41 Å². The third-order valence-electron chi connectivity index (χ3n) is 5.22. The van der Waals surface area contributed by atoms with Crippen LogP contribution in [0.4, 0.5) is 0 Å². The second kappa shape index (κ2) is 4.48. The van der Waals surface area contributed by atoms with E-state index in [0.29, 0.717) is 6.04 Å². The van der Waals surface area contributed by atoms with Crippen molar-refractivity contribution in [2.75, 3.05) is 13.1 Å². The molecule has 0 saturated carbocycles. The highest BCUT2D eigenvalue weighted by molar-refractivity contribution is 5.85. The Morgan fingerprint density at radius 3 is 2.81 bits per heavy atom. The zero-order valence-corrected chi connectivity index (χ0v) is 13.2. The number of hydrogen-bond acceptors (Lipinski definition) is 1. The van der Waals surface area contributed by atoms with Gasteiger partial charge in [-0.05, 0) is 29.9 Å². The van der Waals surface area contributed by atoms with Crippen LogP contribution in [-0.4, -0.2) is 23.0 Å². The molecule has 1 aromatic carbocycles. The second-order valence-corrected chi connectivity index (χ2v) is 7.51. The third kappa shape index (κ3) is 2.04. The fourth-order valence-corrected chi connectivity index (χ4v) is 3.95. The van der Waals surface area contributed by atoms with Gasteiger partial charge in [-0.15, -0.1) is 0 Å². The molecule has 4 rings (SSSR count). The summed E-state index contributed by atoms with van der Waals surface area (Å²) >= 11 is 0. The highest BCUT2D eigenvalue weighted by Gasteiger charge is 2.34. The molecule has 110 valence electrons. The molecule has 0 bridgehead atoms. The third-order valence-corrected chi connectivity index (χ3v) is 5.22. The molecule has 2 aliphatic rings. The summed E-state index contributed by atoms with van der Waals surface area (Å²) in [6, 6.07) is 9.30. The van der Waals surface area contributed by atoms with Crippen LogP contribution in [0.3, 0.4) is 0 Å². The van der Waals surface area contributed by atoms with Crippen LogP contribution < -0.4 is 0 Å². The van der Waals surface area contributed by atoms with Crippen LogP contribution in [0.2, 0.25) is 0 Å². The van der Waals surface area contributed by atoms with E-state index in [1.54, 1.807) is 11.1 Å². The smallest absolute Gasteiger partial charge is 0.0542 e. The van der Waals surface area contributed by atoms with Gasteiger partial charge in [0.2, 0.25) is 0 Å². The van der Waals surface area contributed by atoms with Crippen LogP contribution in [-0.2, 0) is 6.42 Å². The van der Waals surface area contributed by atoms with Gasteiger partial charge in [-0.25, -0.2) is 0 Å². The maximum absolute atomic E-state index is 3.72. The van der Waals surface area contributed by atoms with Gasteiger partial charge in [0.25, 0.3) is 0 Å². The monoisotopic (exact) mass is 280 g/mol. The van der Waals surface area contributed by atoms with Gasteiger partial charge < -0.3 is 4.98 Å². The van der Waals surface area contributed by atoms with Crippen molar-refractivity contribution in [3.05, 3.63) is 47.2 Å². The molecule has 0 amide bonds. The molecule has 2 aromatic rings. The number of H-pyrrole nitrogens is 1. The molecule has 1 unspecified atom stereocenters. The lowest BCUT2D eigenvalue weighted by Crippen LogP contribution is -2.39. The second-order valence-electron chi connectivity index (χ2n) is 7.51. The Morgan fingerprint density at radius 1 is 1.19 bits per heavy atom. The summed E-state index contributed by atoms with van der Waals surface area (Å²) in [6.45, 7) is 9.30. The molecule has 0 spiro atoms. The zero-order chi connectivity index (χ0) is 14.6. The van der Waals surface area contributed by atoms with E-state index in [0.717, 1.165) is 6.54 Å². The molecule has 3 heterocycles. The Kier molecular flexibility index (Phi) is 2.80. The van der Waals surface area contributed by atoms with Gasteiger partial charge >= 0.3 is 0 Å². The van der Waals surface area contributed by atoms with Crippen molar-refractivity contribution >= 4 is 10.9 Å². The average molecular weight is 280 g/mol. The zero-order valence-electron chi connectivity index (χ0n) is 13.2.